The molecule has 3 nitrogen and oxygen atoms in total. The molecule has 1 aromatic carbocycles. The maximum atomic E-state index is 5.73. The van der Waals surface area contributed by atoms with E-state index in [-0.39, 0.29) is 0 Å². The molecule has 82 valence electrons. The van der Waals surface area contributed by atoms with Gasteiger partial charge in [0.2, 0.25) is 0 Å². The lowest BCUT2D eigenvalue weighted by Crippen LogP contribution is -1.97. The lowest BCUT2D eigenvalue weighted by Gasteiger charge is -2.09. The molecule has 2 aromatic rings. The van der Waals surface area contributed by atoms with Gasteiger partial charge in [-0.05, 0) is 36.2 Å². The Morgan fingerprint density at radius 2 is 2.19 bits per heavy atom. The molecular weight excluding hydrogens is 200 g/mol. The van der Waals surface area contributed by atoms with Crippen LogP contribution in [0.5, 0.6) is 11.5 Å². The van der Waals surface area contributed by atoms with E-state index < -0.39 is 0 Å². The second-order valence-electron chi connectivity index (χ2n) is 3.59. The van der Waals surface area contributed by atoms with Gasteiger partial charge in [0.15, 0.2) is 0 Å². The first-order chi connectivity index (χ1) is 7.79. The van der Waals surface area contributed by atoms with Crippen LogP contribution >= 0.6 is 0 Å². The van der Waals surface area contributed by atoms with Gasteiger partial charge in [-0.1, -0.05) is 12.1 Å². The zero-order chi connectivity index (χ0) is 11.4. The molecule has 2 N–H and O–H groups in total. The summed E-state index contributed by atoms with van der Waals surface area (Å²) in [4.78, 5) is 4.00. The molecule has 0 radical (unpaired) electrons. The summed E-state index contributed by atoms with van der Waals surface area (Å²) in [5, 5.41) is 0. The number of hydrogen-bond acceptors (Lipinski definition) is 3. The van der Waals surface area contributed by atoms with Crippen LogP contribution in [-0.4, -0.2) is 4.98 Å². The monoisotopic (exact) mass is 214 g/mol. The lowest BCUT2D eigenvalue weighted by molar-refractivity contribution is 0.476. The number of aryl methyl sites for hydroxylation is 1. The summed E-state index contributed by atoms with van der Waals surface area (Å²) in [5.74, 6) is 1.57. The standard InChI is InChI=1S/C13H14N2O/c1-10-4-5-11(8-14)7-13(10)16-12-3-2-6-15-9-12/h2-7,9H,8,14H2,1H3. The number of benzene rings is 1. The predicted octanol–water partition coefficient (Wildman–Crippen LogP) is 2.64. The van der Waals surface area contributed by atoms with Crippen molar-refractivity contribution in [2.75, 3.05) is 0 Å². The first-order valence-electron chi connectivity index (χ1n) is 5.17. The topological polar surface area (TPSA) is 48.1 Å². The molecular formula is C13H14N2O. The quantitative estimate of drug-likeness (QED) is 0.854. The van der Waals surface area contributed by atoms with Crippen LogP contribution in [0.4, 0.5) is 0 Å². The van der Waals surface area contributed by atoms with Crippen molar-refractivity contribution in [1.82, 2.24) is 4.98 Å². The van der Waals surface area contributed by atoms with Crippen molar-refractivity contribution in [2.45, 2.75) is 13.5 Å². The summed E-state index contributed by atoms with van der Waals surface area (Å²) >= 11 is 0. The average molecular weight is 214 g/mol. The molecule has 0 bridgehead atoms. The summed E-state index contributed by atoms with van der Waals surface area (Å²) in [6, 6.07) is 9.70. The number of pyridine rings is 1. The number of nitrogens with two attached hydrogens (primary N) is 1. The number of nitrogens with zero attached hydrogens (tertiary/aromatic N) is 1. The third-order valence-electron chi connectivity index (χ3n) is 2.35. The maximum Gasteiger partial charge on any atom is 0.145 e. The summed E-state index contributed by atoms with van der Waals surface area (Å²) in [7, 11) is 0. The third-order valence-corrected chi connectivity index (χ3v) is 2.35. The molecule has 3 heteroatoms. The summed E-state index contributed by atoms with van der Waals surface area (Å²) in [6.45, 7) is 2.52. The first kappa shape index (κ1) is 10.6. The number of ether oxygens (including phenoxy) is 1. The maximum absolute atomic E-state index is 5.73. The highest BCUT2D eigenvalue weighted by Crippen LogP contribution is 2.25. The van der Waals surface area contributed by atoms with E-state index in [1.54, 1.807) is 12.4 Å². The minimum absolute atomic E-state index is 0.518. The van der Waals surface area contributed by atoms with Gasteiger partial charge in [-0.25, -0.2) is 0 Å². The SMILES string of the molecule is Cc1ccc(CN)cc1Oc1cccnc1. The van der Waals surface area contributed by atoms with Crippen molar-refractivity contribution in [2.24, 2.45) is 5.73 Å². The van der Waals surface area contributed by atoms with E-state index in [9.17, 15) is 0 Å². The van der Waals surface area contributed by atoms with Crippen LogP contribution in [-0.2, 0) is 6.54 Å². The zero-order valence-electron chi connectivity index (χ0n) is 9.18. The van der Waals surface area contributed by atoms with Gasteiger partial charge >= 0.3 is 0 Å². The number of hydrogen-bond donors (Lipinski definition) is 1. The minimum atomic E-state index is 0.518. The van der Waals surface area contributed by atoms with E-state index >= 15 is 0 Å². The van der Waals surface area contributed by atoms with Crippen LogP contribution in [0.25, 0.3) is 0 Å². The highest BCUT2D eigenvalue weighted by Gasteiger charge is 2.02. The molecule has 0 aliphatic carbocycles. The van der Waals surface area contributed by atoms with Crippen molar-refractivity contribution in [1.29, 1.82) is 0 Å². The van der Waals surface area contributed by atoms with Crippen LogP contribution in [0.1, 0.15) is 11.1 Å². The molecule has 0 saturated heterocycles. The van der Waals surface area contributed by atoms with Crippen molar-refractivity contribution < 1.29 is 4.74 Å². The molecule has 0 atom stereocenters. The van der Waals surface area contributed by atoms with E-state index in [2.05, 4.69) is 4.98 Å². The Labute approximate surface area is 94.9 Å². The fourth-order valence-electron chi connectivity index (χ4n) is 1.42. The Kier molecular flexibility index (Phi) is 3.17. The molecule has 0 amide bonds. The largest absolute Gasteiger partial charge is 0.455 e. The van der Waals surface area contributed by atoms with Crippen LogP contribution in [0.2, 0.25) is 0 Å². The van der Waals surface area contributed by atoms with Gasteiger partial charge in [-0.15, -0.1) is 0 Å². The summed E-state index contributed by atoms with van der Waals surface area (Å²) < 4.78 is 5.73. The van der Waals surface area contributed by atoms with Crippen molar-refractivity contribution >= 4 is 0 Å². The Morgan fingerprint density at radius 1 is 1.31 bits per heavy atom. The van der Waals surface area contributed by atoms with Crippen LogP contribution in [0.15, 0.2) is 42.7 Å². The molecule has 0 aliphatic rings. The third kappa shape index (κ3) is 2.38. The van der Waals surface area contributed by atoms with E-state index in [1.165, 1.54) is 0 Å². The molecule has 16 heavy (non-hydrogen) atoms. The van der Waals surface area contributed by atoms with Gasteiger partial charge in [0.25, 0.3) is 0 Å². The molecule has 0 spiro atoms. The van der Waals surface area contributed by atoms with Gasteiger partial charge < -0.3 is 10.5 Å². The Bertz CT molecular complexity index is 469. The lowest BCUT2D eigenvalue weighted by atomic mass is 10.1. The van der Waals surface area contributed by atoms with E-state index in [1.807, 2.05) is 37.3 Å². The van der Waals surface area contributed by atoms with Gasteiger partial charge in [0.1, 0.15) is 11.5 Å². The number of aromatic nitrogens is 1. The molecule has 1 heterocycles. The molecule has 2 rings (SSSR count). The van der Waals surface area contributed by atoms with Crippen LogP contribution in [0, 0.1) is 6.92 Å². The summed E-state index contributed by atoms with van der Waals surface area (Å²) in [6.07, 6.45) is 3.41. The van der Waals surface area contributed by atoms with E-state index in [4.69, 9.17) is 10.5 Å². The molecule has 0 unspecified atom stereocenters. The minimum Gasteiger partial charge on any atom is -0.455 e. The van der Waals surface area contributed by atoms with E-state index in [0.29, 0.717) is 6.54 Å². The van der Waals surface area contributed by atoms with E-state index in [0.717, 1.165) is 22.6 Å². The second-order valence-corrected chi connectivity index (χ2v) is 3.59. The van der Waals surface area contributed by atoms with Gasteiger partial charge in [-0.2, -0.15) is 0 Å². The molecule has 1 aromatic heterocycles. The highest BCUT2D eigenvalue weighted by atomic mass is 16.5. The number of rotatable bonds is 3. The summed E-state index contributed by atoms with van der Waals surface area (Å²) in [5.41, 5.74) is 7.74. The normalized spacial score (nSPS) is 10.1. The predicted molar refractivity (Wildman–Crippen MR) is 63.4 cm³/mol. The zero-order valence-corrected chi connectivity index (χ0v) is 9.18. The average Bonchev–Trinajstić information content (AvgIpc) is 2.33. The molecule has 0 aliphatic heterocycles. The highest BCUT2D eigenvalue weighted by molar-refractivity contribution is 5.39. The fraction of sp³-hybridized carbons (Fsp3) is 0.154. The Morgan fingerprint density at radius 3 is 2.88 bits per heavy atom. The fourth-order valence-corrected chi connectivity index (χ4v) is 1.42. The smallest absolute Gasteiger partial charge is 0.145 e. The first-order valence-corrected chi connectivity index (χ1v) is 5.17. The second kappa shape index (κ2) is 4.77. The van der Waals surface area contributed by atoms with Crippen molar-refractivity contribution in [3.63, 3.8) is 0 Å². The molecule has 0 fully saturated rings. The van der Waals surface area contributed by atoms with Gasteiger partial charge in [0.05, 0.1) is 6.20 Å². The van der Waals surface area contributed by atoms with Crippen molar-refractivity contribution in [3.8, 4) is 11.5 Å². The van der Waals surface area contributed by atoms with Gasteiger partial charge in [-0.3, -0.25) is 4.98 Å². The van der Waals surface area contributed by atoms with Gasteiger partial charge in [0, 0.05) is 12.7 Å². The van der Waals surface area contributed by atoms with Crippen molar-refractivity contribution in [3.05, 3.63) is 53.9 Å². The van der Waals surface area contributed by atoms with Crippen LogP contribution in [0.3, 0.4) is 0 Å². The Hall–Kier alpha value is -1.87. The molecule has 0 saturated carbocycles. The van der Waals surface area contributed by atoms with Crippen LogP contribution < -0.4 is 10.5 Å². The Balaban J connectivity index is 2.27.